The van der Waals surface area contributed by atoms with E-state index in [-0.39, 0.29) is 12.3 Å². The minimum Gasteiger partial charge on any atom is -0.466 e. The van der Waals surface area contributed by atoms with Gasteiger partial charge in [0.15, 0.2) is 5.17 Å². The summed E-state index contributed by atoms with van der Waals surface area (Å²) in [6, 6.07) is 5.65. The van der Waals surface area contributed by atoms with Crippen LogP contribution in [0.4, 0.5) is 4.39 Å². The Balaban J connectivity index is 1.55. The number of fused-ring (bicyclic) bond motifs is 1. The zero-order valence-electron chi connectivity index (χ0n) is 19.7. The third kappa shape index (κ3) is 5.20. The van der Waals surface area contributed by atoms with Gasteiger partial charge in [0.25, 0.3) is 0 Å². The first-order chi connectivity index (χ1) is 16.5. The topological polar surface area (TPSA) is 74.2 Å². The number of nitrogens with zero attached hydrogens (tertiary/aromatic N) is 3. The summed E-state index contributed by atoms with van der Waals surface area (Å²) in [6.07, 6.45) is 4.32. The van der Waals surface area contributed by atoms with Crippen molar-refractivity contribution in [3.8, 4) is 0 Å². The standard InChI is InChI=1S/C25H31FN4O3S/c1-3-20-22(24(32)33-2)23(18-9-5-6-10-19(18)26)30-17(16-34-25(30)28-20)15-21(31)27-11-14-29-12-7-4-8-13-29/h5-6,9-10,16,23H,3-4,7-8,11-15H2,1-2H3,(H,27,31)/t23-/m0/s1. The van der Waals surface area contributed by atoms with Gasteiger partial charge in [0, 0.05) is 24.4 Å². The number of piperidine rings is 1. The Morgan fingerprint density at radius 3 is 2.71 bits per heavy atom. The smallest absolute Gasteiger partial charge is 0.338 e. The molecule has 1 aromatic rings. The molecule has 182 valence electrons. The van der Waals surface area contributed by atoms with E-state index >= 15 is 0 Å². The highest BCUT2D eigenvalue weighted by Crippen LogP contribution is 2.45. The van der Waals surface area contributed by atoms with Crippen LogP contribution in [0.2, 0.25) is 0 Å². The van der Waals surface area contributed by atoms with Crippen molar-refractivity contribution in [2.75, 3.05) is 33.3 Å². The van der Waals surface area contributed by atoms with E-state index in [9.17, 15) is 14.0 Å². The second-order valence-electron chi connectivity index (χ2n) is 8.55. The lowest BCUT2D eigenvalue weighted by molar-refractivity contribution is -0.136. The van der Waals surface area contributed by atoms with Crippen LogP contribution in [0.15, 0.2) is 51.6 Å². The summed E-state index contributed by atoms with van der Waals surface area (Å²) in [5.41, 5.74) is 1.90. The molecular weight excluding hydrogens is 455 g/mol. The molecule has 1 amide bonds. The molecule has 34 heavy (non-hydrogen) atoms. The molecule has 3 aliphatic heterocycles. The van der Waals surface area contributed by atoms with Gasteiger partial charge >= 0.3 is 5.97 Å². The fraction of sp³-hybridized carbons (Fsp3) is 0.480. The van der Waals surface area contributed by atoms with Crippen molar-refractivity contribution in [1.29, 1.82) is 0 Å². The van der Waals surface area contributed by atoms with Crippen LogP contribution in [-0.2, 0) is 14.3 Å². The highest BCUT2D eigenvalue weighted by Gasteiger charge is 2.42. The van der Waals surface area contributed by atoms with E-state index in [4.69, 9.17) is 4.74 Å². The lowest BCUT2D eigenvalue weighted by Crippen LogP contribution is -2.40. The highest BCUT2D eigenvalue weighted by molar-refractivity contribution is 8.16. The Morgan fingerprint density at radius 1 is 1.24 bits per heavy atom. The monoisotopic (exact) mass is 486 g/mol. The maximum Gasteiger partial charge on any atom is 0.338 e. The largest absolute Gasteiger partial charge is 0.466 e. The minimum atomic E-state index is -0.751. The molecule has 0 aliphatic carbocycles. The van der Waals surface area contributed by atoms with E-state index in [1.165, 1.54) is 44.2 Å². The summed E-state index contributed by atoms with van der Waals surface area (Å²) >= 11 is 1.38. The number of amides is 1. The highest BCUT2D eigenvalue weighted by atomic mass is 32.2. The van der Waals surface area contributed by atoms with Crippen LogP contribution < -0.4 is 5.32 Å². The number of rotatable bonds is 8. The van der Waals surface area contributed by atoms with Gasteiger partial charge in [-0.3, -0.25) is 4.79 Å². The molecule has 1 N–H and O–H groups in total. The first-order valence-corrected chi connectivity index (χ1v) is 12.7. The summed E-state index contributed by atoms with van der Waals surface area (Å²) in [4.78, 5) is 34.5. The Morgan fingerprint density at radius 2 is 2.00 bits per heavy atom. The number of aliphatic imine (C=N–C) groups is 1. The molecule has 4 rings (SSSR count). The number of esters is 1. The van der Waals surface area contributed by atoms with Gasteiger partial charge < -0.3 is 19.9 Å². The van der Waals surface area contributed by atoms with Gasteiger partial charge in [-0.25, -0.2) is 14.2 Å². The molecule has 9 heteroatoms. The Hall–Kier alpha value is -2.65. The van der Waals surface area contributed by atoms with Crippen molar-refractivity contribution in [1.82, 2.24) is 15.1 Å². The Bertz CT molecular complexity index is 1030. The average Bonchev–Trinajstić information content (AvgIpc) is 3.25. The number of ether oxygens (including phenoxy) is 1. The van der Waals surface area contributed by atoms with E-state index in [0.29, 0.717) is 40.7 Å². The normalized spacial score (nSPS) is 20.6. The van der Waals surface area contributed by atoms with Crippen LogP contribution in [0.5, 0.6) is 0 Å². The SMILES string of the molecule is CCC1=C(C(=O)OC)[C@H](c2ccccc2F)N2C(CC(=O)NCCN3CCCCC3)=CSC2=N1. The lowest BCUT2D eigenvalue weighted by Gasteiger charge is -2.36. The third-order valence-corrected chi connectivity index (χ3v) is 7.26. The Labute approximate surface area is 204 Å². The molecule has 0 radical (unpaired) electrons. The number of amidine groups is 1. The zero-order valence-corrected chi connectivity index (χ0v) is 20.5. The summed E-state index contributed by atoms with van der Waals surface area (Å²) in [6.45, 7) is 5.49. The van der Waals surface area contributed by atoms with Gasteiger partial charge in [0.2, 0.25) is 5.91 Å². The molecule has 3 aliphatic rings. The second kappa shape index (κ2) is 11.2. The number of hydrogen-bond acceptors (Lipinski definition) is 7. The average molecular weight is 487 g/mol. The van der Waals surface area contributed by atoms with Gasteiger partial charge in [0.1, 0.15) is 5.82 Å². The van der Waals surface area contributed by atoms with Crippen molar-refractivity contribution < 1.29 is 18.7 Å². The number of carbonyl (C=O) groups excluding carboxylic acids is 2. The first kappa shape index (κ1) is 24.5. The predicted octanol–water partition coefficient (Wildman–Crippen LogP) is 3.96. The quantitative estimate of drug-likeness (QED) is 0.561. The number of hydrogen-bond donors (Lipinski definition) is 1. The van der Waals surface area contributed by atoms with E-state index < -0.39 is 17.8 Å². The van der Waals surface area contributed by atoms with E-state index in [0.717, 1.165) is 19.6 Å². The molecule has 1 aromatic carbocycles. The van der Waals surface area contributed by atoms with Crippen molar-refractivity contribution in [2.24, 2.45) is 4.99 Å². The van der Waals surface area contributed by atoms with Crippen molar-refractivity contribution in [3.05, 3.63) is 58.0 Å². The van der Waals surface area contributed by atoms with E-state index in [1.54, 1.807) is 23.1 Å². The molecule has 0 bridgehead atoms. The molecular formula is C25H31FN4O3S. The number of thioether (sulfide) groups is 1. The van der Waals surface area contributed by atoms with E-state index in [1.807, 2.05) is 12.3 Å². The number of likely N-dealkylation sites (tertiary alicyclic amines) is 1. The summed E-state index contributed by atoms with van der Waals surface area (Å²) in [5.74, 6) is -1.08. The molecule has 1 atom stereocenters. The number of allylic oxidation sites excluding steroid dienone is 1. The van der Waals surface area contributed by atoms with Gasteiger partial charge in [-0.05, 0) is 43.8 Å². The van der Waals surface area contributed by atoms with Gasteiger partial charge in [-0.15, -0.1) is 0 Å². The van der Waals surface area contributed by atoms with Crippen LogP contribution in [-0.4, -0.2) is 60.1 Å². The lowest BCUT2D eigenvalue weighted by atomic mass is 9.92. The minimum absolute atomic E-state index is 0.109. The second-order valence-corrected chi connectivity index (χ2v) is 9.39. The van der Waals surface area contributed by atoms with Gasteiger partial charge in [0.05, 0.1) is 30.8 Å². The number of nitrogens with one attached hydrogen (secondary N) is 1. The van der Waals surface area contributed by atoms with Gasteiger partial charge in [-0.2, -0.15) is 0 Å². The molecule has 0 unspecified atom stereocenters. The van der Waals surface area contributed by atoms with Crippen LogP contribution in [0.25, 0.3) is 0 Å². The molecule has 3 heterocycles. The van der Waals surface area contributed by atoms with Crippen molar-refractivity contribution >= 4 is 28.8 Å². The van der Waals surface area contributed by atoms with Crippen molar-refractivity contribution in [2.45, 2.75) is 45.1 Å². The Kier molecular flexibility index (Phi) is 8.05. The summed E-state index contributed by atoms with van der Waals surface area (Å²) in [5, 5.41) is 5.51. The van der Waals surface area contributed by atoms with Crippen LogP contribution in [0, 0.1) is 5.82 Å². The predicted molar refractivity (Wildman–Crippen MR) is 131 cm³/mol. The number of halogens is 1. The third-order valence-electron chi connectivity index (χ3n) is 6.37. The maximum absolute atomic E-state index is 15.0. The molecule has 7 nitrogen and oxygen atoms in total. The molecule has 0 saturated carbocycles. The molecule has 1 fully saturated rings. The summed E-state index contributed by atoms with van der Waals surface area (Å²) in [7, 11) is 1.31. The number of carbonyl (C=O) groups is 2. The molecule has 0 aromatic heterocycles. The van der Waals surface area contributed by atoms with Gasteiger partial charge in [-0.1, -0.05) is 43.3 Å². The van der Waals surface area contributed by atoms with Crippen LogP contribution in [0.1, 0.15) is 50.6 Å². The number of benzene rings is 1. The first-order valence-electron chi connectivity index (χ1n) is 11.8. The fourth-order valence-corrected chi connectivity index (χ4v) is 5.60. The molecule has 1 saturated heterocycles. The number of methoxy groups -OCH3 is 1. The zero-order chi connectivity index (χ0) is 24.1. The molecule has 0 spiro atoms. The summed E-state index contributed by atoms with van der Waals surface area (Å²) < 4.78 is 20.0. The van der Waals surface area contributed by atoms with Crippen molar-refractivity contribution in [3.63, 3.8) is 0 Å². The fourth-order valence-electron chi connectivity index (χ4n) is 4.67. The van der Waals surface area contributed by atoms with Crippen LogP contribution >= 0.6 is 11.8 Å². The van der Waals surface area contributed by atoms with Crippen LogP contribution in [0.3, 0.4) is 0 Å². The van der Waals surface area contributed by atoms with E-state index in [2.05, 4.69) is 15.2 Å². The maximum atomic E-state index is 15.0.